The first kappa shape index (κ1) is 14.7. The van der Waals surface area contributed by atoms with Crippen molar-refractivity contribution in [2.24, 2.45) is 5.73 Å². The summed E-state index contributed by atoms with van der Waals surface area (Å²) in [6, 6.07) is 5.10. The number of carbonyl (C=O) groups is 1. The fraction of sp³-hybridized carbons (Fsp3) is 0.231. The van der Waals surface area contributed by atoms with Crippen molar-refractivity contribution in [3.63, 3.8) is 0 Å². The van der Waals surface area contributed by atoms with Gasteiger partial charge in [0.05, 0.1) is 12.0 Å². The van der Waals surface area contributed by atoms with Crippen LogP contribution >= 0.6 is 0 Å². The van der Waals surface area contributed by atoms with Crippen LogP contribution in [0.15, 0.2) is 30.5 Å². The molecular formula is C13H13N3O5. The number of fused-ring (bicyclic) bond motifs is 1. The van der Waals surface area contributed by atoms with Crippen molar-refractivity contribution < 1.29 is 19.2 Å². The highest BCUT2D eigenvalue weighted by molar-refractivity contribution is 5.92. The first-order valence-corrected chi connectivity index (χ1v) is 6.03. The van der Waals surface area contributed by atoms with Crippen LogP contribution in [0.1, 0.15) is 0 Å². The van der Waals surface area contributed by atoms with Crippen LogP contribution in [0.3, 0.4) is 0 Å². The first-order valence-electron chi connectivity index (χ1n) is 6.03. The maximum atomic E-state index is 11.2. The molecule has 2 aromatic rings. The summed E-state index contributed by atoms with van der Waals surface area (Å²) in [5.41, 5.74) is 5.67. The van der Waals surface area contributed by atoms with Gasteiger partial charge < -0.3 is 15.2 Å². The van der Waals surface area contributed by atoms with Gasteiger partial charge in [0.15, 0.2) is 5.52 Å². The van der Waals surface area contributed by atoms with E-state index >= 15 is 0 Å². The number of non-ortho nitro benzene ring substituents is 1. The van der Waals surface area contributed by atoms with E-state index in [4.69, 9.17) is 10.5 Å². The highest BCUT2D eigenvalue weighted by Crippen LogP contribution is 2.31. The minimum absolute atomic E-state index is 0.103. The van der Waals surface area contributed by atoms with E-state index in [2.05, 4.69) is 9.72 Å². The predicted octanol–water partition coefficient (Wildman–Crippen LogP) is 1.02. The molecule has 8 heteroatoms. The minimum atomic E-state index is -0.933. The lowest BCUT2D eigenvalue weighted by Crippen LogP contribution is -2.37. The van der Waals surface area contributed by atoms with E-state index in [0.717, 1.165) is 0 Å². The van der Waals surface area contributed by atoms with Gasteiger partial charge in [-0.25, -0.2) is 4.98 Å². The summed E-state index contributed by atoms with van der Waals surface area (Å²) in [7, 11) is 1.23. The number of esters is 1. The Morgan fingerprint density at radius 1 is 1.48 bits per heavy atom. The molecule has 0 aliphatic heterocycles. The lowest BCUT2D eigenvalue weighted by atomic mass is 10.1. The molecule has 21 heavy (non-hydrogen) atoms. The van der Waals surface area contributed by atoms with Gasteiger partial charge in [-0.05, 0) is 18.2 Å². The molecule has 1 aromatic carbocycles. The van der Waals surface area contributed by atoms with E-state index in [1.807, 2.05) is 0 Å². The standard InChI is InChI=1S/C13H13N3O5/c1-20-13(17)9(14)7-21-11-5-4-10(16(18)19)12-8(11)3-2-6-15-12/h2-6,9H,7,14H2,1H3. The SMILES string of the molecule is COC(=O)C(N)COc1ccc([N+](=O)[O-])c2ncccc12. The van der Waals surface area contributed by atoms with Gasteiger partial charge in [0.25, 0.3) is 5.69 Å². The number of pyridine rings is 1. The molecule has 0 aliphatic carbocycles. The number of hydrogen-bond acceptors (Lipinski definition) is 7. The number of carbonyl (C=O) groups excluding carboxylic acids is 1. The van der Waals surface area contributed by atoms with E-state index in [0.29, 0.717) is 11.1 Å². The normalized spacial score (nSPS) is 11.9. The average molecular weight is 291 g/mol. The molecule has 0 amide bonds. The van der Waals surface area contributed by atoms with Crippen molar-refractivity contribution in [2.45, 2.75) is 6.04 Å². The zero-order chi connectivity index (χ0) is 15.4. The summed E-state index contributed by atoms with van der Waals surface area (Å²) in [6.45, 7) is -0.103. The molecule has 0 spiro atoms. The Bertz CT molecular complexity index is 689. The van der Waals surface area contributed by atoms with Gasteiger partial charge in [-0.2, -0.15) is 0 Å². The Morgan fingerprint density at radius 2 is 2.24 bits per heavy atom. The largest absolute Gasteiger partial charge is 0.491 e. The number of nitro groups is 1. The molecule has 1 aromatic heterocycles. The molecule has 1 atom stereocenters. The molecule has 2 rings (SSSR count). The number of ether oxygens (including phenoxy) is 2. The fourth-order valence-electron chi connectivity index (χ4n) is 1.80. The summed E-state index contributed by atoms with van der Waals surface area (Å²) >= 11 is 0. The molecular weight excluding hydrogens is 278 g/mol. The fourth-order valence-corrected chi connectivity index (χ4v) is 1.80. The molecule has 0 saturated carbocycles. The summed E-state index contributed by atoms with van der Waals surface area (Å²) in [5, 5.41) is 11.4. The molecule has 1 heterocycles. The molecule has 0 saturated heterocycles. The second-order valence-corrected chi connectivity index (χ2v) is 4.18. The van der Waals surface area contributed by atoms with E-state index in [1.165, 1.54) is 25.4 Å². The number of nitro benzene ring substituents is 1. The summed E-state index contributed by atoms with van der Waals surface area (Å²) < 4.78 is 9.94. The van der Waals surface area contributed by atoms with E-state index in [-0.39, 0.29) is 17.8 Å². The molecule has 0 bridgehead atoms. The zero-order valence-electron chi connectivity index (χ0n) is 11.2. The maximum Gasteiger partial charge on any atom is 0.326 e. The zero-order valence-corrected chi connectivity index (χ0v) is 11.2. The van der Waals surface area contributed by atoms with Crippen molar-refractivity contribution in [1.82, 2.24) is 4.98 Å². The Labute approximate surface area is 119 Å². The molecule has 8 nitrogen and oxygen atoms in total. The van der Waals surface area contributed by atoms with Crippen LogP contribution in [0.4, 0.5) is 5.69 Å². The van der Waals surface area contributed by atoms with Gasteiger partial charge >= 0.3 is 5.97 Å². The smallest absolute Gasteiger partial charge is 0.326 e. The van der Waals surface area contributed by atoms with Crippen molar-refractivity contribution in [2.75, 3.05) is 13.7 Å². The van der Waals surface area contributed by atoms with Crippen LogP contribution < -0.4 is 10.5 Å². The highest BCUT2D eigenvalue weighted by Gasteiger charge is 2.18. The topological polar surface area (TPSA) is 118 Å². The third-order valence-corrected chi connectivity index (χ3v) is 2.83. The highest BCUT2D eigenvalue weighted by atomic mass is 16.6. The first-order chi connectivity index (χ1) is 10.0. The quantitative estimate of drug-likeness (QED) is 0.496. The molecule has 1 unspecified atom stereocenters. The van der Waals surface area contributed by atoms with Gasteiger partial charge in [0, 0.05) is 17.6 Å². The molecule has 110 valence electrons. The second-order valence-electron chi connectivity index (χ2n) is 4.18. The Morgan fingerprint density at radius 3 is 2.90 bits per heavy atom. The Hall–Kier alpha value is -2.74. The van der Waals surface area contributed by atoms with Crippen molar-refractivity contribution >= 4 is 22.6 Å². The number of methoxy groups -OCH3 is 1. The average Bonchev–Trinajstić information content (AvgIpc) is 2.51. The lowest BCUT2D eigenvalue weighted by Gasteiger charge is -2.12. The van der Waals surface area contributed by atoms with Gasteiger partial charge in [0.2, 0.25) is 0 Å². The van der Waals surface area contributed by atoms with Crippen LogP contribution in [-0.4, -0.2) is 35.6 Å². The molecule has 0 fully saturated rings. The van der Waals surface area contributed by atoms with Gasteiger partial charge in [-0.1, -0.05) is 0 Å². The van der Waals surface area contributed by atoms with Crippen LogP contribution in [-0.2, 0) is 9.53 Å². The van der Waals surface area contributed by atoms with Gasteiger partial charge in [0.1, 0.15) is 18.4 Å². The summed E-state index contributed by atoms with van der Waals surface area (Å²) in [6.07, 6.45) is 1.46. The minimum Gasteiger partial charge on any atom is -0.491 e. The third-order valence-electron chi connectivity index (χ3n) is 2.83. The monoisotopic (exact) mass is 291 g/mol. The van der Waals surface area contributed by atoms with E-state index < -0.39 is 16.9 Å². The van der Waals surface area contributed by atoms with Gasteiger partial charge in [-0.3, -0.25) is 14.9 Å². The lowest BCUT2D eigenvalue weighted by molar-refractivity contribution is -0.383. The molecule has 0 aliphatic rings. The predicted molar refractivity (Wildman–Crippen MR) is 73.9 cm³/mol. The van der Waals surface area contributed by atoms with E-state index in [1.54, 1.807) is 12.1 Å². The van der Waals surface area contributed by atoms with Gasteiger partial charge in [-0.15, -0.1) is 0 Å². The number of hydrogen-bond donors (Lipinski definition) is 1. The van der Waals surface area contributed by atoms with Crippen molar-refractivity contribution in [3.05, 3.63) is 40.6 Å². The Kier molecular flexibility index (Phi) is 4.29. The maximum absolute atomic E-state index is 11.2. The Balaban J connectivity index is 2.31. The van der Waals surface area contributed by atoms with Crippen molar-refractivity contribution in [3.8, 4) is 5.75 Å². The summed E-state index contributed by atoms with van der Waals surface area (Å²) in [4.78, 5) is 25.7. The number of nitrogens with two attached hydrogens (primary N) is 1. The second kappa shape index (κ2) is 6.14. The third kappa shape index (κ3) is 3.06. The van der Waals surface area contributed by atoms with Crippen LogP contribution in [0.5, 0.6) is 5.75 Å². The van der Waals surface area contributed by atoms with Crippen LogP contribution in [0.2, 0.25) is 0 Å². The van der Waals surface area contributed by atoms with Crippen LogP contribution in [0, 0.1) is 10.1 Å². The number of rotatable bonds is 5. The van der Waals surface area contributed by atoms with E-state index in [9.17, 15) is 14.9 Å². The summed E-state index contributed by atoms with van der Waals surface area (Å²) in [5.74, 6) is -0.234. The van der Waals surface area contributed by atoms with Crippen LogP contribution in [0.25, 0.3) is 10.9 Å². The molecule has 2 N–H and O–H groups in total. The van der Waals surface area contributed by atoms with Crippen molar-refractivity contribution in [1.29, 1.82) is 0 Å². The molecule has 0 radical (unpaired) electrons. The number of aromatic nitrogens is 1. The number of nitrogens with zero attached hydrogens (tertiary/aromatic N) is 2. The number of benzene rings is 1.